The van der Waals surface area contributed by atoms with Gasteiger partial charge in [0.2, 0.25) is 5.79 Å². The molecule has 2 saturated heterocycles. The van der Waals surface area contributed by atoms with Gasteiger partial charge in [-0.2, -0.15) is 0 Å². The summed E-state index contributed by atoms with van der Waals surface area (Å²) < 4.78 is 23.9. The van der Waals surface area contributed by atoms with Gasteiger partial charge in [0, 0.05) is 29.4 Å². The largest absolute Gasteiger partial charge is 0.459 e. The number of fused-ring (bicyclic) bond motifs is 1. The van der Waals surface area contributed by atoms with Crippen molar-refractivity contribution in [3.8, 4) is 0 Å². The van der Waals surface area contributed by atoms with Crippen molar-refractivity contribution < 1.29 is 33.3 Å². The highest BCUT2D eigenvalue weighted by Crippen LogP contribution is 2.74. The minimum absolute atomic E-state index is 0.0895. The molecular weight excluding hydrogens is 432 g/mol. The third-order valence-corrected chi connectivity index (χ3v) is 8.83. The number of ether oxygens (including phenoxy) is 4. The number of rotatable bonds is 5. The SMILES string of the molecule is C/C=C(/C)C(=O)OC1C23O[C@@]2(C[C@H]2CC[C@H](OC(=O)/C=C\SC)[C@H](C)[C@@]12C)OC(=O)[C@H]3C. The summed E-state index contributed by atoms with van der Waals surface area (Å²) in [5.41, 5.74) is -1.07. The van der Waals surface area contributed by atoms with Crippen LogP contribution in [0, 0.1) is 23.2 Å². The maximum absolute atomic E-state index is 12.9. The third kappa shape index (κ3) is 3.09. The molecule has 7 nitrogen and oxygen atoms in total. The molecule has 2 unspecified atom stereocenters. The van der Waals surface area contributed by atoms with Crippen molar-refractivity contribution >= 4 is 29.7 Å². The topological polar surface area (TPSA) is 91.4 Å². The lowest BCUT2D eigenvalue weighted by Gasteiger charge is -2.56. The molecule has 0 aromatic rings. The molecule has 176 valence electrons. The Kier molecular flexibility index (Phi) is 5.77. The van der Waals surface area contributed by atoms with Gasteiger partial charge in [-0.05, 0) is 51.2 Å². The summed E-state index contributed by atoms with van der Waals surface area (Å²) in [5, 5.41) is 1.69. The number of hydrogen-bond acceptors (Lipinski definition) is 8. The first-order valence-corrected chi connectivity index (χ1v) is 12.5. The van der Waals surface area contributed by atoms with E-state index < -0.39 is 34.8 Å². The van der Waals surface area contributed by atoms with Gasteiger partial charge in [-0.1, -0.05) is 19.9 Å². The molecule has 0 radical (unpaired) electrons. The highest BCUT2D eigenvalue weighted by atomic mass is 32.2. The van der Waals surface area contributed by atoms with Crippen molar-refractivity contribution in [2.75, 3.05) is 6.26 Å². The first kappa shape index (κ1) is 23.4. The summed E-state index contributed by atoms with van der Waals surface area (Å²) in [6.45, 7) is 9.39. The van der Waals surface area contributed by atoms with Gasteiger partial charge in [0.1, 0.15) is 12.2 Å². The summed E-state index contributed by atoms with van der Waals surface area (Å²) >= 11 is 1.43. The Hall–Kier alpha value is -1.80. The molecule has 8 atom stereocenters. The van der Waals surface area contributed by atoms with E-state index in [2.05, 4.69) is 6.92 Å². The van der Waals surface area contributed by atoms with E-state index in [0.717, 1.165) is 6.42 Å². The van der Waals surface area contributed by atoms with Crippen LogP contribution in [0.25, 0.3) is 0 Å². The normalized spacial score (nSPS) is 44.9. The van der Waals surface area contributed by atoms with Crippen LogP contribution in [0.3, 0.4) is 0 Å². The molecule has 0 aromatic heterocycles. The molecule has 32 heavy (non-hydrogen) atoms. The Bertz CT molecular complexity index is 897. The van der Waals surface area contributed by atoms with Crippen molar-refractivity contribution in [1.29, 1.82) is 0 Å². The second kappa shape index (κ2) is 7.90. The number of hydrogen-bond donors (Lipinski definition) is 0. The van der Waals surface area contributed by atoms with Gasteiger partial charge in [-0.15, -0.1) is 11.8 Å². The van der Waals surface area contributed by atoms with Crippen LogP contribution in [-0.4, -0.2) is 47.8 Å². The molecule has 8 heteroatoms. The lowest BCUT2D eigenvalue weighted by Crippen LogP contribution is -2.64. The average molecular weight is 465 g/mol. The number of carbonyl (C=O) groups excluding carboxylic acids is 3. The highest BCUT2D eigenvalue weighted by molar-refractivity contribution is 8.01. The summed E-state index contributed by atoms with van der Waals surface area (Å²) in [6.07, 6.45) is 6.00. The van der Waals surface area contributed by atoms with Crippen LogP contribution < -0.4 is 0 Å². The lowest BCUT2D eigenvalue weighted by atomic mass is 9.50. The van der Waals surface area contributed by atoms with Crippen molar-refractivity contribution in [3.05, 3.63) is 23.1 Å². The number of thioether (sulfide) groups is 1. The molecule has 4 aliphatic rings. The smallest absolute Gasteiger partial charge is 0.333 e. The third-order valence-electron chi connectivity index (χ3n) is 8.42. The second-order valence-electron chi connectivity index (χ2n) is 9.69. The Labute approximate surface area is 193 Å². The maximum atomic E-state index is 12.9. The first-order valence-electron chi connectivity index (χ1n) is 11.2. The molecule has 2 saturated carbocycles. The molecule has 0 N–H and O–H groups in total. The van der Waals surface area contributed by atoms with Crippen molar-refractivity contribution in [3.63, 3.8) is 0 Å². The molecule has 0 aromatic carbocycles. The van der Waals surface area contributed by atoms with Crippen LogP contribution >= 0.6 is 11.8 Å². The van der Waals surface area contributed by atoms with E-state index in [1.165, 1.54) is 17.8 Å². The minimum Gasteiger partial charge on any atom is -0.459 e. The zero-order valence-electron chi connectivity index (χ0n) is 19.5. The molecule has 2 heterocycles. The molecule has 0 bridgehead atoms. The summed E-state index contributed by atoms with van der Waals surface area (Å²) in [5.74, 6) is -2.73. The Morgan fingerprint density at radius 2 is 1.94 bits per heavy atom. The summed E-state index contributed by atoms with van der Waals surface area (Å²) in [4.78, 5) is 37.8. The molecule has 4 rings (SSSR count). The standard InChI is InChI=1S/C24H32O7S/c1-7-13(2)19(26)29-21-22(5)14(3)17(28-18(25)10-11-32-6)9-8-16(22)12-23-24(21,31-23)15(4)20(27)30-23/h7,10-11,14-17,21H,8-9,12H2,1-6H3/b11-10-,13-7-/t14-,15+,16+,17-,21?,22+,23+,24?/m0/s1. The van der Waals surface area contributed by atoms with E-state index in [4.69, 9.17) is 18.9 Å². The first-order chi connectivity index (χ1) is 15.1. The Morgan fingerprint density at radius 3 is 2.59 bits per heavy atom. The zero-order valence-corrected chi connectivity index (χ0v) is 20.3. The van der Waals surface area contributed by atoms with Gasteiger partial charge in [-0.3, -0.25) is 4.79 Å². The number of carbonyl (C=O) groups is 3. The van der Waals surface area contributed by atoms with Crippen LogP contribution in [0.2, 0.25) is 0 Å². The summed E-state index contributed by atoms with van der Waals surface area (Å²) in [7, 11) is 0. The number of allylic oxidation sites excluding steroid dienone is 1. The van der Waals surface area contributed by atoms with E-state index >= 15 is 0 Å². The van der Waals surface area contributed by atoms with Crippen LogP contribution in [0.5, 0.6) is 0 Å². The van der Waals surface area contributed by atoms with Crippen molar-refractivity contribution in [2.24, 2.45) is 23.2 Å². The molecule has 2 aliphatic heterocycles. The predicted molar refractivity (Wildman–Crippen MR) is 118 cm³/mol. The lowest BCUT2D eigenvalue weighted by molar-refractivity contribution is -0.199. The predicted octanol–water partition coefficient (Wildman–Crippen LogP) is 3.77. The fourth-order valence-corrected chi connectivity index (χ4v) is 6.43. The van der Waals surface area contributed by atoms with Crippen LogP contribution in [-0.2, 0) is 33.3 Å². The monoisotopic (exact) mass is 464 g/mol. The fourth-order valence-electron chi connectivity index (χ4n) is 6.18. The van der Waals surface area contributed by atoms with Gasteiger partial charge in [-0.25, -0.2) is 9.59 Å². The van der Waals surface area contributed by atoms with Crippen LogP contribution in [0.1, 0.15) is 53.9 Å². The molecule has 0 spiro atoms. The second-order valence-corrected chi connectivity index (χ2v) is 10.4. The van der Waals surface area contributed by atoms with Gasteiger partial charge in [0.05, 0.1) is 5.92 Å². The minimum atomic E-state index is -1.02. The summed E-state index contributed by atoms with van der Waals surface area (Å²) in [6, 6.07) is 0. The number of epoxide rings is 1. The maximum Gasteiger partial charge on any atom is 0.333 e. The van der Waals surface area contributed by atoms with Gasteiger partial charge >= 0.3 is 17.9 Å². The van der Waals surface area contributed by atoms with Gasteiger partial charge < -0.3 is 18.9 Å². The van der Waals surface area contributed by atoms with Crippen LogP contribution in [0.15, 0.2) is 23.1 Å². The zero-order chi connectivity index (χ0) is 23.5. The number of esters is 3. The highest BCUT2D eigenvalue weighted by Gasteiger charge is 2.91. The van der Waals surface area contributed by atoms with Gasteiger partial charge in [0.25, 0.3) is 0 Å². The molecule has 0 amide bonds. The quantitative estimate of drug-likeness (QED) is 0.263. The Morgan fingerprint density at radius 1 is 1.22 bits per heavy atom. The Balaban J connectivity index is 1.71. The van der Waals surface area contributed by atoms with E-state index in [9.17, 15) is 14.4 Å². The van der Waals surface area contributed by atoms with Crippen molar-refractivity contribution in [1.82, 2.24) is 0 Å². The average Bonchev–Trinajstić information content (AvgIpc) is 3.37. The van der Waals surface area contributed by atoms with Crippen molar-refractivity contribution in [2.45, 2.75) is 77.5 Å². The van der Waals surface area contributed by atoms with Crippen LogP contribution in [0.4, 0.5) is 0 Å². The molecule has 4 fully saturated rings. The fraction of sp³-hybridized carbons (Fsp3) is 0.708. The van der Waals surface area contributed by atoms with Gasteiger partial charge in [0.15, 0.2) is 5.60 Å². The molecular formula is C24H32O7S. The van der Waals surface area contributed by atoms with E-state index in [0.29, 0.717) is 18.4 Å². The van der Waals surface area contributed by atoms with E-state index in [1.54, 1.807) is 32.3 Å². The molecule has 2 aliphatic carbocycles. The van der Waals surface area contributed by atoms with E-state index in [-0.39, 0.29) is 29.9 Å². The van der Waals surface area contributed by atoms with E-state index in [1.807, 2.05) is 13.2 Å².